The Hall–Kier alpha value is -2.21. The number of aromatic nitrogens is 3. The van der Waals surface area contributed by atoms with Crippen LogP contribution in [0.2, 0.25) is 0 Å². The van der Waals surface area contributed by atoms with Gasteiger partial charge in [0.1, 0.15) is 12.2 Å². The molecular weight excluding hydrogens is 266 g/mol. The van der Waals surface area contributed by atoms with Crippen LogP contribution in [-0.2, 0) is 13.0 Å². The minimum absolute atomic E-state index is 0.101. The van der Waals surface area contributed by atoms with E-state index in [1.54, 1.807) is 0 Å². The normalized spacial score (nSPS) is 17.3. The number of benzene rings is 1. The number of carbonyl (C=O) groups excluding carboxylic acids is 1. The molecule has 0 spiro atoms. The molecule has 1 aromatic heterocycles. The summed E-state index contributed by atoms with van der Waals surface area (Å²) in [7, 11) is 0. The van der Waals surface area contributed by atoms with Crippen LogP contribution in [0.25, 0.3) is 0 Å². The highest BCUT2D eigenvalue weighted by atomic mass is 16.1. The fourth-order valence-corrected chi connectivity index (χ4v) is 2.87. The first-order valence-corrected chi connectivity index (χ1v) is 7.23. The van der Waals surface area contributed by atoms with Gasteiger partial charge in [-0.15, -0.1) is 0 Å². The Morgan fingerprint density at radius 2 is 2.38 bits per heavy atom. The Kier molecular flexibility index (Phi) is 3.96. The maximum absolute atomic E-state index is 12.2. The third-order valence-corrected chi connectivity index (χ3v) is 4.01. The highest BCUT2D eigenvalue weighted by molar-refractivity contribution is 5.94. The van der Waals surface area contributed by atoms with Crippen molar-refractivity contribution in [2.45, 2.75) is 31.7 Å². The van der Waals surface area contributed by atoms with E-state index in [9.17, 15) is 4.79 Å². The molecule has 1 aliphatic carbocycles. The van der Waals surface area contributed by atoms with E-state index in [0.29, 0.717) is 30.4 Å². The van der Waals surface area contributed by atoms with Gasteiger partial charge in [-0.3, -0.25) is 9.89 Å². The third kappa shape index (κ3) is 2.95. The number of nitrogens with zero attached hydrogens (tertiary/aromatic N) is 2. The van der Waals surface area contributed by atoms with Crippen LogP contribution in [0.5, 0.6) is 0 Å². The molecule has 1 atom stereocenters. The Bertz CT molecular complexity index is 623. The van der Waals surface area contributed by atoms with Crippen molar-refractivity contribution in [2.24, 2.45) is 5.73 Å². The lowest BCUT2D eigenvalue weighted by Gasteiger charge is -2.24. The number of nitrogens with two attached hydrogens (primary N) is 1. The number of fused-ring (bicyclic) bond motifs is 1. The number of hydrogen-bond donors (Lipinski definition) is 3. The molecule has 0 saturated carbocycles. The number of amides is 1. The van der Waals surface area contributed by atoms with E-state index in [-0.39, 0.29) is 5.91 Å². The van der Waals surface area contributed by atoms with E-state index < -0.39 is 0 Å². The summed E-state index contributed by atoms with van der Waals surface area (Å²) in [5.41, 5.74) is 9.08. The fraction of sp³-hybridized carbons (Fsp3) is 0.400. The van der Waals surface area contributed by atoms with Crippen LogP contribution < -0.4 is 11.1 Å². The molecule has 1 unspecified atom stereocenters. The van der Waals surface area contributed by atoms with Gasteiger partial charge in [0.05, 0.1) is 6.54 Å². The maximum Gasteiger partial charge on any atom is 0.251 e. The third-order valence-electron chi connectivity index (χ3n) is 4.01. The molecule has 6 heteroatoms. The van der Waals surface area contributed by atoms with Crippen LogP contribution in [0, 0.1) is 0 Å². The van der Waals surface area contributed by atoms with E-state index in [1.807, 2.05) is 12.1 Å². The van der Waals surface area contributed by atoms with Crippen molar-refractivity contribution in [3.63, 3.8) is 0 Å². The molecule has 4 N–H and O–H groups in total. The van der Waals surface area contributed by atoms with E-state index in [4.69, 9.17) is 5.73 Å². The summed E-state index contributed by atoms with van der Waals surface area (Å²) in [6, 6.07) is 5.93. The van der Waals surface area contributed by atoms with Gasteiger partial charge in [0.2, 0.25) is 0 Å². The lowest BCUT2D eigenvalue weighted by molar-refractivity contribution is 0.0949. The van der Waals surface area contributed by atoms with Crippen molar-refractivity contribution in [2.75, 3.05) is 6.54 Å². The van der Waals surface area contributed by atoms with E-state index >= 15 is 0 Å². The fourth-order valence-electron chi connectivity index (χ4n) is 2.87. The van der Waals surface area contributed by atoms with Gasteiger partial charge >= 0.3 is 0 Å². The van der Waals surface area contributed by atoms with Gasteiger partial charge in [-0.05, 0) is 55.0 Å². The summed E-state index contributed by atoms with van der Waals surface area (Å²) in [6.07, 6.45) is 4.77. The first kappa shape index (κ1) is 13.8. The van der Waals surface area contributed by atoms with Crippen molar-refractivity contribution in [3.8, 4) is 0 Å². The summed E-state index contributed by atoms with van der Waals surface area (Å²) < 4.78 is 0. The molecule has 2 aromatic rings. The van der Waals surface area contributed by atoms with Gasteiger partial charge in [-0.1, -0.05) is 6.07 Å². The summed E-state index contributed by atoms with van der Waals surface area (Å²) in [5.74, 6) is 0.910. The van der Waals surface area contributed by atoms with Crippen LogP contribution in [-0.4, -0.2) is 27.6 Å². The van der Waals surface area contributed by atoms with Gasteiger partial charge in [0.25, 0.3) is 5.91 Å². The SMILES string of the molecule is NCC1CCCc2ccc(C(=O)NCc3ncn[nH]3)cc21. The second-order valence-corrected chi connectivity index (χ2v) is 5.35. The summed E-state index contributed by atoms with van der Waals surface area (Å²) in [5, 5.41) is 9.31. The lowest BCUT2D eigenvalue weighted by Crippen LogP contribution is -2.25. The average molecular weight is 285 g/mol. The number of carbonyl (C=O) groups is 1. The molecule has 0 bridgehead atoms. The molecule has 1 aromatic carbocycles. The van der Waals surface area contributed by atoms with Crippen LogP contribution in [0.4, 0.5) is 0 Å². The van der Waals surface area contributed by atoms with Crippen molar-refractivity contribution < 1.29 is 4.79 Å². The molecule has 0 radical (unpaired) electrons. The predicted octanol–water partition coefficient (Wildman–Crippen LogP) is 1.11. The molecule has 1 aliphatic rings. The topological polar surface area (TPSA) is 96.7 Å². The standard InChI is InChI=1S/C15H19N5O/c16-7-12-3-1-2-10-4-5-11(6-13(10)12)15(21)17-8-14-18-9-19-20-14/h4-6,9,12H,1-3,7-8,16H2,(H,17,21)(H,18,19,20). The molecule has 110 valence electrons. The molecule has 0 aliphatic heterocycles. The zero-order chi connectivity index (χ0) is 14.7. The Morgan fingerprint density at radius 3 is 3.14 bits per heavy atom. The van der Waals surface area contributed by atoms with E-state index in [2.05, 4.69) is 26.6 Å². The van der Waals surface area contributed by atoms with E-state index in [0.717, 1.165) is 12.8 Å². The van der Waals surface area contributed by atoms with Gasteiger partial charge < -0.3 is 11.1 Å². The van der Waals surface area contributed by atoms with Crippen molar-refractivity contribution in [1.82, 2.24) is 20.5 Å². The first-order valence-electron chi connectivity index (χ1n) is 7.23. The second-order valence-electron chi connectivity index (χ2n) is 5.35. The number of aromatic amines is 1. The Labute approximate surface area is 123 Å². The van der Waals surface area contributed by atoms with E-state index in [1.165, 1.54) is 23.9 Å². The number of hydrogen-bond acceptors (Lipinski definition) is 4. The van der Waals surface area contributed by atoms with Gasteiger partial charge in [-0.2, -0.15) is 5.10 Å². The van der Waals surface area contributed by atoms with Crippen LogP contribution in [0.1, 0.15) is 46.1 Å². The molecule has 0 saturated heterocycles. The maximum atomic E-state index is 12.2. The van der Waals surface area contributed by atoms with Crippen molar-refractivity contribution >= 4 is 5.91 Å². The van der Waals surface area contributed by atoms with Crippen molar-refractivity contribution in [3.05, 3.63) is 47.0 Å². The Morgan fingerprint density at radius 1 is 1.48 bits per heavy atom. The minimum atomic E-state index is -0.101. The summed E-state index contributed by atoms with van der Waals surface area (Å²) in [6.45, 7) is 0.979. The quantitative estimate of drug-likeness (QED) is 0.784. The number of rotatable bonds is 4. The monoisotopic (exact) mass is 285 g/mol. The number of H-pyrrole nitrogens is 1. The van der Waals surface area contributed by atoms with Gasteiger partial charge in [0.15, 0.2) is 0 Å². The molecule has 1 amide bonds. The average Bonchev–Trinajstić information content (AvgIpc) is 3.05. The highest BCUT2D eigenvalue weighted by Gasteiger charge is 2.20. The lowest BCUT2D eigenvalue weighted by atomic mass is 9.82. The summed E-state index contributed by atoms with van der Waals surface area (Å²) >= 11 is 0. The molecule has 3 rings (SSSR count). The zero-order valence-corrected chi connectivity index (χ0v) is 11.8. The number of nitrogens with one attached hydrogen (secondary N) is 2. The Balaban J connectivity index is 1.74. The largest absolute Gasteiger partial charge is 0.345 e. The van der Waals surface area contributed by atoms with Crippen LogP contribution in [0.3, 0.4) is 0 Å². The second kappa shape index (κ2) is 6.05. The van der Waals surface area contributed by atoms with Gasteiger partial charge in [0, 0.05) is 5.56 Å². The predicted molar refractivity (Wildman–Crippen MR) is 78.7 cm³/mol. The first-order chi connectivity index (χ1) is 10.3. The zero-order valence-electron chi connectivity index (χ0n) is 11.8. The smallest absolute Gasteiger partial charge is 0.251 e. The molecule has 6 nitrogen and oxygen atoms in total. The van der Waals surface area contributed by atoms with Crippen molar-refractivity contribution in [1.29, 1.82) is 0 Å². The molecule has 21 heavy (non-hydrogen) atoms. The van der Waals surface area contributed by atoms with Crippen LogP contribution >= 0.6 is 0 Å². The molecule has 0 fully saturated rings. The molecular formula is C15H19N5O. The summed E-state index contributed by atoms with van der Waals surface area (Å²) in [4.78, 5) is 16.2. The van der Waals surface area contributed by atoms with Crippen LogP contribution in [0.15, 0.2) is 24.5 Å². The highest BCUT2D eigenvalue weighted by Crippen LogP contribution is 2.31. The molecule has 1 heterocycles. The minimum Gasteiger partial charge on any atom is -0.345 e. The van der Waals surface area contributed by atoms with Gasteiger partial charge in [-0.25, -0.2) is 4.98 Å². The number of aryl methyl sites for hydroxylation is 1.